The minimum Gasteiger partial charge on any atom is -0.493 e. The number of aromatic nitrogens is 1. The number of rotatable bonds is 12. The number of methoxy groups -OCH3 is 1. The number of hydrogen-bond donors (Lipinski definition) is 1. The minimum atomic E-state index is -0.878. The van der Waals surface area contributed by atoms with Gasteiger partial charge in [0.05, 0.1) is 13.7 Å². The second-order valence-electron chi connectivity index (χ2n) is 9.53. The van der Waals surface area contributed by atoms with Crippen molar-refractivity contribution < 1.29 is 37.4 Å². The van der Waals surface area contributed by atoms with Crippen molar-refractivity contribution in [1.29, 1.82) is 0 Å². The zero-order valence-corrected chi connectivity index (χ0v) is 22.9. The molecule has 2 atom stereocenters. The van der Waals surface area contributed by atoms with Crippen LogP contribution in [0.5, 0.6) is 11.5 Å². The van der Waals surface area contributed by atoms with Gasteiger partial charge in [-0.2, -0.15) is 0 Å². The number of nitrogens with one attached hydrogen (secondary N) is 1. The SMILES string of the molecule is COc1ccnc(C(=O)CN[C@H](C(=O)O[C@@H](C)C(c2ccc(F)cc2)c2ccc(F)cc2)C(C)C)c1OC(C)=O. The molecule has 0 saturated carbocycles. The van der Waals surface area contributed by atoms with E-state index in [1.54, 1.807) is 45.0 Å². The van der Waals surface area contributed by atoms with Crippen LogP contribution in [0.3, 0.4) is 0 Å². The van der Waals surface area contributed by atoms with Gasteiger partial charge in [-0.1, -0.05) is 38.1 Å². The van der Waals surface area contributed by atoms with E-state index >= 15 is 0 Å². The molecule has 0 aliphatic rings. The summed E-state index contributed by atoms with van der Waals surface area (Å²) in [5, 5.41) is 2.93. The van der Waals surface area contributed by atoms with E-state index < -0.39 is 47.4 Å². The minimum absolute atomic E-state index is 0.108. The Morgan fingerprint density at radius 1 is 0.900 bits per heavy atom. The van der Waals surface area contributed by atoms with E-state index in [4.69, 9.17) is 14.2 Å². The van der Waals surface area contributed by atoms with Crippen LogP contribution in [-0.2, 0) is 14.3 Å². The smallest absolute Gasteiger partial charge is 0.323 e. The summed E-state index contributed by atoms with van der Waals surface area (Å²) in [7, 11) is 1.37. The molecule has 3 aromatic rings. The molecule has 0 aliphatic carbocycles. The molecule has 8 nitrogen and oxygen atoms in total. The van der Waals surface area contributed by atoms with Crippen LogP contribution in [0.1, 0.15) is 55.2 Å². The molecule has 212 valence electrons. The van der Waals surface area contributed by atoms with E-state index in [9.17, 15) is 23.2 Å². The van der Waals surface area contributed by atoms with Crippen molar-refractivity contribution in [2.45, 2.75) is 45.8 Å². The van der Waals surface area contributed by atoms with Crippen molar-refractivity contribution in [2.24, 2.45) is 5.92 Å². The summed E-state index contributed by atoms with van der Waals surface area (Å²) in [5.41, 5.74) is 1.23. The molecule has 0 unspecified atom stereocenters. The Balaban J connectivity index is 1.79. The number of carbonyl (C=O) groups excluding carboxylic acids is 3. The topological polar surface area (TPSA) is 104 Å². The first kappa shape index (κ1) is 30.4. The maximum absolute atomic E-state index is 13.6. The van der Waals surface area contributed by atoms with E-state index in [-0.39, 0.29) is 29.7 Å². The van der Waals surface area contributed by atoms with Gasteiger partial charge >= 0.3 is 11.9 Å². The first-order valence-corrected chi connectivity index (χ1v) is 12.7. The van der Waals surface area contributed by atoms with Crippen LogP contribution < -0.4 is 14.8 Å². The summed E-state index contributed by atoms with van der Waals surface area (Å²) in [6, 6.07) is 12.2. The van der Waals surface area contributed by atoms with E-state index in [2.05, 4.69) is 10.3 Å². The number of halogens is 2. The first-order valence-electron chi connectivity index (χ1n) is 12.7. The molecular formula is C30H32F2N2O6. The number of nitrogens with zero attached hydrogens (tertiary/aromatic N) is 1. The molecule has 0 saturated heterocycles. The summed E-state index contributed by atoms with van der Waals surface area (Å²) >= 11 is 0. The molecule has 0 radical (unpaired) electrons. The molecule has 3 rings (SSSR count). The Labute approximate surface area is 231 Å². The third-order valence-electron chi connectivity index (χ3n) is 6.23. The van der Waals surface area contributed by atoms with Gasteiger partial charge in [0, 0.05) is 25.1 Å². The maximum Gasteiger partial charge on any atom is 0.323 e. The summed E-state index contributed by atoms with van der Waals surface area (Å²) < 4.78 is 43.4. The van der Waals surface area contributed by atoms with Crippen LogP contribution in [0.25, 0.3) is 0 Å². The lowest BCUT2D eigenvalue weighted by Gasteiger charge is -2.28. The predicted octanol–water partition coefficient (Wildman–Crippen LogP) is 4.85. The Bertz CT molecular complexity index is 1280. The van der Waals surface area contributed by atoms with Crippen LogP contribution in [0.4, 0.5) is 8.78 Å². The van der Waals surface area contributed by atoms with Crippen molar-refractivity contribution in [2.75, 3.05) is 13.7 Å². The lowest BCUT2D eigenvalue weighted by atomic mass is 9.87. The van der Waals surface area contributed by atoms with E-state index in [1.807, 2.05) is 0 Å². The molecule has 10 heteroatoms. The second-order valence-corrected chi connectivity index (χ2v) is 9.53. The highest BCUT2D eigenvalue weighted by Gasteiger charge is 2.31. The second kappa shape index (κ2) is 13.7. The maximum atomic E-state index is 13.6. The van der Waals surface area contributed by atoms with Crippen LogP contribution in [0.2, 0.25) is 0 Å². The lowest BCUT2D eigenvalue weighted by molar-refractivity contribution is -0.152. The summed E-state index contributed by atoms with van der Waals surface area (Å²) in [6.07, 6.45) is 0.623. The van der Waals surface area contributed by atoms with Gasteiger partial charge in [-0.3, -0.25) is 19.7 Å². The third-order valence-corrected chi connectivity index (χ3v) is 6.23. The number of ether oxygens (including phenoxy) is 3. The van der Waals surface area contributed by atoms with Gasteiger partial charge in [-0.15, -0.1) is 0 Å². The van der Waals surface area contributed by atoms with Crippen molar-refractivity contribution >= 4 is 17.7 Å². The highest BCUT2D eigenvalue weighted by atomic mass is 19.1. The molecule has 0 bridgehead atoms. The molecule has 1 N–H and O–H groups in total. The fourth-order valence-electron chi connectivity index (χ4n) is 4.31. The Hall–Kier alpha value is -4.18. The van der Waals surface area contributed by atoms with Gasteiger partial charge < -0.3 is 14.2 Å². The van der Waals surface area contributed by atoms with Crippen molar-refractivity contribution in [3.05, 3.63) is 89.2 Å². The van der Waals surface area contributed by atoms with Crippen LogP contribution in [-0.4, -0.2) is 48.5 Å². The fraction of sp³-hybridized carbons (Fsp3) is 0.333. The van der Waals surface area contributed by atoms with Crippen LogP contribution >= 0.6 is 0 Å². The van der Waals surface area contributed by atoms with Gasteiger partial charge in [-0.25, -0.2) is 13.8 Å². The summed E-state index contributed by atoms with van der Waals surface area (Å²) in [5.74, 6) is -3.34. The van der Waals surface area contributed by atoms with Crippen molar-refractivity contribution in [1.82, 2.24) is 10.3 Å². The lowest BCUT2D eigenvalue weighted by Crippen LogP contribution is -2.45. The Kier molecular flexibility index (Phi) is 10.4. The fourth-order valence-corrected chi connectivity index (χ4v) is 4.31. The number of pyridine rings is 1. The number of hydrogen-bond acceptors (Lipinski definition) is 8. The molecule has 0 aliphatic heterocycles. The first-order chi connectivity index (χ1) is 19.0. The van der Waals surface area contributed by atoms with Crippen LogP contribution in [0.15, 0.2) is 60.8 Å². The van der Waals surface area contributed by atoms with Crippen molar-refractivity contribution in [3.63, 3.8) is 0 Å². The molecule has 1 aromatic heterocycles. The highest BCUT2D eigenvalue weighted by molar-refractivity contribution is 5.99. The molecule has 1 heterocycles. The molecule has 0 spiro atoms. The van der Waals surface area contributed by atoms with Gasteiger partial charge in [0.25, 0.3) is 0 Å². The molecule has 0 fully saturated rings. The average Bonchev–Trinajstić information content (AvgIpc) is 2.90. The third kappa shape index (κ3) is 7.69. The summed E-state index contributed by atoms with van der Waals surface area (Å²) in [6.45, 7) is 6.17. The van der Waals surface area contributed by atoms with E-state index in [0.29, 0.717) is 11.1 Å². The van der Waals surface area contributed by atoms with Crippen LogP contribution in [0, 0.1) is 17.6 Å². The van der Waals surface area contributed by atoms with Crippen molar-refractivity contribution in [3.8, 4) is 11.5 Å². The highest BCUT2D eigenvalue weighted by Crippen LogP contribution is 2.32. The number of benzene rings is 2. The Morgan fingerprint density at radius 2 is 1.45 bits per heavy atom. The zero-order valence-electron chi connectivity index (χ0n) is 22.9. The van der Waals surface area contributed by atoms with E-state index in [1.165, 1.54) is 50.6 Å². The predicted molar refractivity (Wildman–Crippen MR) is 143 cm³/mol. The average molecular weight is 555 g/mol. The number of carbonyl (C=O) groups is 3. The number of esters is 2. The summed E-state index contributed by atoms with van der Waals surface area (Å²) in [4.78, 5) is 42.0. The Morgan fingerprint density at radius 3 is 1.93 bits per heavy atom. The van der Waals surface area contributed by atoms with E-state index in [0.717, 1.165) is 0 Å². The zero-order chi connectivity index (χ0) is 29.4. The molecular weight excluding hydrogens is 522 g/mol. The normalized spacial score (nSPS) is 12.6. The molecule has 0 amide bonds. The standard InChI is InChI=1S/C30H32F2N2O6/c1-17(2)27(34-16-24(36)28-29(40-19(4)35)25(38-5)14-15-33-28)30(37)39-18(3)26(20-6-10-22(31)11-7-20)21-8-12-23(32)13-9-21/h6-15,17-18,26-27,34H,16H2,1-5H3/t18-,27-/m0/s1. The van der Waals surface area contributed by atoms with Gasteiger partial charge in [0.1, 0.15) is 23.8 Å². The van der Waals surface area contributed by atoms with Gasteiger partial charge in [0.15, 0.2) is 17.2 Å². The number of ketones is 1. The number of Topliss-reactive ketones (excluding diaryl/α,β-unsaturated/α-hetero) is 1. The largest absolute Gasteiger partial charge is 0.493 e. The molecule has 40 heavy (non-hydrogen) atoms. The van der Waals surface area contributed by atoms with Gasteiger partial charge in [0.2, 0.25) is 5.75 Å². The molecule has 2 aromatic carbocycles. The monoisotopic (exact) mass is 554 g/mol. The quantitative estimate of drug-likeness (QED) is 0.250. The van der Waals surface area contributed by atoms with Gasteiger partial charge in [-0.05, 0) is 48.2 Å².